The van der Waals surface area contributed by atoms with Gasteiger partial charge in [0.1, 0.15) is 11.1 Å². The zero-order valence-corrected chi connectivity index (χ0v) is 23.5. The Morgan fingerprint density at radius 3 is 2.32 bits per heavy atom. The maximum Gasteiger partial charge on any atom is 0.410 e. The molecule has 3 N–H and O–H groups in total. The van der Waals surface area contributed by atoms with E-state index in [0.717, 1.165) is 68.2 Å². The van der Waals surface area contributed by atoms with Crippen molar-refractivity contribution in [1.82, 2.24) is 15.6 Å². The van der Waals surface area contributed by atoms with Gasteiger partial charge in [0.15, 0.2) is 0 Å². The molecular formula is C29H45N3O6. The van der Waals surface area contributed by atoms with Gasteiger partial charge in [0.05, 0.1) is 0 Å². The fourth-order valence-electron chi connectivity index (χ4n) is 5.42. The summed E-state index contributed by atoms with van der Waals surface area (Å²) in [4.78, 5) is 54.4. The SMILES string of the molecule is CC(C)CNC(=O)OCOC(=O)C(C)(C)NC(=O)c1c(CC2CCCCC2)c2c([nH]c1=O)CCCCCC2. The number of nitrogens with one attached hydrogen (secondary N) is 3. The molecule has 1 saturated carbocycles. The van der Waals surface area contributed by atoms with Gasteiger partial charge in [-0.25, -0.2) is 9.59 Å². The molecule has 212 valence electrons. The van der Waals surface area contributed by atoms with Crippen molar-refractivity contribution in [1.29, 1.82) is 0 Å². The van der Waals surface area contributed by atoms with Crippen molar-refractivity contribution in [2.24, 2.45) is 11.8 Å². The number of aryl methyl sites for hydroxylation is 1. The summed E-state index contributed by atoms with van der Waals surface area (Å²) in [5.41, 5.74) is 1.20. The summed E-state index contributed by atoms with van der Waals surface area (Å²) in [5.74, 6) is -0.648. The average Bonchev–Trinajstić information content (AvgIpc) is 2.84. The Hall–Kier alpha value is -2.84. The molecule has 0 spiro atoms. The minimum atomic E-state index is -1.44. The van der Waals surface area contributed by atoms with Gasteiger partial charge in [-0.2, -0.15) is 0 Å². The predicted octanol–water partition coefficient (Wildman–Crippen LogP) is 4.55. The second-order valence-corrected chi connectivity index (χ2v) is 11.7. The molecule has 2 aliphatic carbocycles. The summed E-state index contributed by atoms with van der Waals surface area (Å²) in [5, 5.41) is 5.28. The summed E-state index contributed by atoms with van der Waals surface area (Å²) in [6.45, 7) is 6.77. The van der Waals surface area contributed by atoms with Crippen molar-refractivity contribution in [3.05, 3.63) is 32.7 Å². The molecule has 1 aromatic rings. The molecule has 0 aliphatic heterocycles. The number of hydrogen-bond acceptors (Lipinski definition) is 6. The van der Waals surface area contributed by atoms with Gasteiger partial charge in [0.2, 0.25) is 6.79 Å². The van der Waals surface area contributed by atoms with E-state index in [0.29, 0.717) is 18.9 Å². The highest BCUT2D eigenvalue weighted by molar-refractivity contribution is 5.99. The van der Waals surface area contributed by atoms with Gasteiger partial charge < -0.3 is 25.1 Å². The lowest BCUT2D eigenvalue weighted by Gasteiger charge is -2.28. The maximum atomic E-state index is 13.6. The van der Waals surface area contributed by atoms with Gasteiger partial charge in [-0.05, 0) is 68.9 Å². The van der Waals surface area contributed by atoms with Crippen molar-refractivity contribution >= 4 is 18.0 Å². The van der Waals surface area contributed by atoms with E-state index >= 15 is 0 Å². The van der Waals surface area contributed by atoms with Gasteiger partial charge >= 0.3 is 12.1 Å². The third kappa shape index (κ3) is 8.33. The zero-order valence-electron chi connectivity index (χ0n) is 23.5. The molecule has 9 heteroatoms. The fraction of sp³-hybridized carbons (Fsp3) is 0.724. The number of aromatic nitrogens is 1. The Morgan fingerprint density at radius 1 is 0.974 bits per heavy atom. The number of fused-ring (bicyclic) bond motifs is 1. The Labute approximate surface area is 225 Å². The smallest absolute Gasteiger partial charge is 0.410 e. The second kappa shape index (κ2) is 13.8. The first-order valence-electron chi connectivity index (χ1n) is 14.3. The van der Waals surface area contributed by atoms with E-state index in [1.54, 1.807) is 0 Å². The molecule has 2 aliphatic rings. The fourth-order valence-corrected chi connectivity index (χ4v) is 5.42. The molecule has 38 heavy (non-hydrogen) atoms. The monoisotopic (exact) mass is 531 g/mol. The molecule has 0 saturated heterocycles. The van der Waals surface area contributed by atoms with Gasteiger partial charge in [-0.15, -0.1) is 0 Å². The van der Waals surface area contributed by atoms with E-state index in [9.17, 15) is 19.2 Å². The first-order chi connectivity index (χ1) is 18.1. The molecule has 0 atom stereocenters. The molecular weight excluding hydrogens is 486 g/mol. The number of H-pyrrole nitrogens is 1. The molecule has 3 rings (SSSR count). The summed E-state index contributed by atoms with van der Waals surface area (Å²) in [7, 11) is 0. The van der Waals surface area contributed by atoms with Crippen LogP contribution in [0.2, 0.25) is 0 Å². The van der Waals surface area contributed by atoms with Crippen molar-refractivity contribution in [2.75, 3.05) is 13.3 Å². The standard InChI is InChI=1S/C29H45N3O6/c1-19(2)17-30-28(36)38-18-37-27(35)29(3,4)32-26(34)24-22(16-20-12-8-7-9-13-20)21-14-10-5-6-11-15-23(21)31-25(24)33/h19-20H,5-18H2,1-4H3,(H,30,36)(H,31,33)(H,32,34). The van der Waals surface area contributed by atoms with Crippen LogP contribution in [0.25, 0.3) is 0 Å². The van der Waals surface area contributed by atoms with Crippen LogP contribution in [0.4, 0.5) is 4.79 Å². The van der Waals surface area contributed by atoms with E-state index in [-0.39, 0.29) is 11.5 Å². The number of esters is 1. The average molecular weight is 532 g/mol. The Morgan fingerprint density at radius 2 is 1.63 bits per heavy atom. The highest BCUT2D eigenvalue weighted by Gasteiger charge is 2.34. The minimum Gasteiger partial charge on any atom is -0.426 e. The molecule has 2 amide bonds. The molecule has 0 unspecified atom stereocenters. The number of alkyl carbamates (subject to hydrolysis) is 1. The molecule has 0 aromatic carbocycles. The van der Waals surface area contributed by atoms with Crippen LogP contribution in [0, 0.1) is 11.8 Å². The van der Waals surface area contributed by atoms with Gasteiger partial charge in [-0.3, -0.25) is 9.59 Å². The topological polar surface area (TPSA) is 127 Å². The predicted molar refractivity (Wildman–Crippen MR) is 145 cm³/mol. The van der Waals surface area contributed by atoms with Crippen LogP contribution in [0.15, 0.2) is 4.79 Å². The van der Waals surface area contributed by atoms with Crippen molar-refractivity contribution in [3.63, 3.8) is 0 Å². The quantitative estimate of drug-likeness (QED) is 0.317. The summed E-state index contributed by atoms with van der Waals surface area (Å²) < 4.78 is 10.00. The molecule has 1 aromatic heterocycles. The van der Waals surface area contributed by atoms with Crippen LogP contribution in [0.5, 0.6) is 0 Å². The summed E-state index contributed by atoms with van der Waals surface area (Å²) in [6.07, 6.45) is 11.8. The number of rotatable bonds is 9. The van der Waals surface area contributed by atoms with Crippen LogP contribution >= 0.6 is 0 Å². The number of carbonyl (C=O) groups excluding carboxylic acids is 3. The van der Waals surface area contributed by atoms with Gasteiger partial charge in [-0.1, -0.05) is 58.8 Å². The normalized spacial score (nSPS) is 16.7. The van der Waals surface area contributed by atoms with E-state index in [1.807, 2.05) is 13.8 Å². The lowest BCUT2D eigenvalue weighted by molar-refractivity contribution is -0.158. The van der Waals surface area contributed by atoms with E-state index in [2.05, 4.69) is 15.6 Å². The Bertz CT molecular complexity index is 1040. The largest absolute Gasteiger partial charge is 0.426 e. The first-order valence-corrected chi connectivity index (χ1v) is 14.3. The third-order valence-corrected chi connectivity index (χ3v) is 7.54. The van der Waals surface area contributed by atoms with Crippen LogP contribution in [0.3, 0.4) is 0 Å². The zero-order chi connectivity index (χ0) is 27.7. The second-order valence-electron chi connectivity index (χ2n) is 11.7. The molecule has 9 nitrogen and oxygen atoms in total. The number of hydrogen-bond donors (Lipinski definition) is 3. The summed E-state index contributed by atoms with van der Waals surface area (Å²) >= 11 is 0. The van der Waals surface area contributed by atoms with Crippen molar-refractivity contribution in [3.8, 4) is 0 Å². The van der Waals surface area contributed by atoms with E-state index in [4.69, 9.17) is 9.47 Å². The number of ether oxygens (including phenoxy) is 2. The summed E-state index contributed by atoms with van der Waals surface area (Å²) in [6, 6.07) is 0. The number of pyridine rings is 1. The van der Waals surface area contributed by atoms with E-state index in [1.165, 1.54) is 33.1 Å². The highest BCUT2D eigenvalue weighted by Crippen LogP contribution is 2.31. The van der Waals surface area contributed by atoms with Gasteiger partial charge in [0.25, 0.3) is 11.5 Å². The van der Waals surface area contributed by atoms with Crippen LogP contribution < -0.4 is 16.2 Å². The first kappa shape index (κ1) is 29.7. The Balaban J connectivity index is 1.77. The minimum absolute atomic E-state index is 0.111. The Kier molecular flexibility index (Phi) is 10.8. The van der Waals surface area contributed by atoms with Crippen LogP contribution in [0.1, 0.15) is 113 Å². The molecule has 0 bridgehead atoms. The van der Waals surface area contributed by atoms with Crippen LogP contribution in [-0.4, -0.2) is 41.8 Å². The van der Waals surface area contributed by atoms with Gasteiger partial charge in [0, 0.05) is 12.2 Å². The number of carbonyl (C=O) groups is 3. The molecule has 1 heterocycles. The van der Waals surface area contributed by atoms with Crippen molar-refractivity contribution < 1.29 is 23.9 Å². The lowest BCUT2D eigenvalue weighted by Crippen LogP contribution is -2.52. The third-order valence-electron chi connectivity index (χ3n) is 7.54. The van der Waals surface area contributed by atoms with Crippen LogP contribution in [-0.2, 0) is 33.5 Å². The number of aromatic amines is 1. The van der Waals surface area contributed by atoms with Crippen molar-refractivity contribution in [2.45, 2.75) is 110 Å². The molecule has 1 fully saturated rings. The van der Waals surface area contributed by atoms with E-state index < -0.39 is 35.9 Å². The maximum absolute atomic E-state index is 13.6. The highest BCUT2D eigenvalue weighted by atomic mass is 16.7. The lowest BCUT2D eigenvalue weighted by atomic mass is 9.81. The number of amides is 2. The molecule has 0 radical (unpaired) electrons.